The van der Waals surface area contributed by atoms with Crippen molar-refractivity contribution >= 4 is 29.9 Å². The first-order valence-electron chi connectivity index (χ1n) is 8.74. The van der Waals surface area contributed by atoms with E-state index in [2.05, 4.69) is 55.1 Å². The van der Waals surface area contributed by atoms with Crippen LogP contribution in [0.1, 0.15) is 47.5 Å². The predicted octanol–water partition coefficient (Wildman–Crippen LogP) is 2.70. The lowest BCUT2D eigenvalue weighted by molar-refractivity contribution is -0.0174. The van der Waals surface area contributed by atoms with Crippen LogP contribution in [-0.2, 0) is 4.74 Å². The fraction of sp³-hybridized carbons (Fsp3) is 0.941. The van der Waals surface area contributed by atoms with E-state index >= 15 is 0 Å². The van der Waals surface area contributed by atoms with Crippen LogP contribution in [0.2, 0.25) is 0 Å². The van der Waals surface area contributed by atoms with Gasteiger partial charge in [-0.1, -0.05) is 13.8 Å². The van der Waals surface area contributed by atoms with Crippen molar-refractivity contribution in [2.45, 2.75) is 65.6 Å². The molecular weight excluding hydrogens is 403 g/mol. The molecule has 1 saturated heterocycles. The highest BCUT2D eigenvalue weighted by Gasteiger charge is 2.23. The van der Waals surface area contributed by atoms with Crippen molar-refractivity contribution in [3.63, 3.8) is 0 Å². The molecule has 0 aromatic carbocycles. The van der Waals surface area contributed by atoms with Crippen LogP contribution in [0.25, 0.3) is 0 Å². The fourth-order valence-corrected chi connectivity index (χ4v) is 2.84. The molecule has 2 N–H and O–H groups in total. The number of rotatable bonds is 7. The van der Waals surface area contributed by atoms with E-state index in [0.717, 1.165) is 38.2 Å². The zero-order valence-electron chi connectivity index (χ0n) is 15.8. The minimum Gasteiger partial charge on any atom is -0.379 e. The largest absolute Gasteiger partial charge is 0.379 e. The van der Waals surface area contributed by atoms with Gasteiger partial charge in [-0.3, -0.25) is 9.89 Å². The van der Waals surface area contributed by atoms with Crippen molar-refractivity contribution in [3.8, 4) is 0 Å². The number of halogens is 1. The second kappa shape index (κ2) is 12.3. The van der Waals surface area contributed by atoms with Crippen molar-refractivity contribution in [2.75, 3.05) is 33.4 Å². The highest BCUT2D eigenvalue weighted by atomic mass is 127. The third-order valence-corrected chi connectivity index (χ3v) is 4.33. The summed E-state index contributed by atoms with van der Waals surface area (Å²) < 4.78 is 5.51. The van der Waals surface area contributed by atoms with Crippen LogP contribution in [-0.4, -0.2) is 62.3 Å². The summed E-state index contributed by atoms with van der Waals surface area (Å²) in [5.74, 6) is 1.66. The quantitative estimate of drug-likeness (QED) is 0.363. The minimum absolute atomic E-state index is 0. The van der Waals surface area contributed by atoms with E-state index in [0.29, 0.717) is 18.1 Å². The van der Waals surface area contributed by atoms with E-state index in [4.69, 9.17) is 4.74 Å². The molecule has 0 aromatic rings. The average molecular weight is 440 g/mol. The second-order valence-electron chi connectivity index (χ2n) is 6.98. The Kier molecular flexibility index (Phi) is 12.3. The van der Waals surface area contributed by atoms with Crippen molar-refractivity contribution in [2.24, 2.45) is 10.9 Å². The van der Waals surface area contributed by atoms with E-state index in [9.17, 15) is 0 Å². The number of morpholine rings is 1. The first-order chi connectivity index (χ1) is 10.4. The summed E-state index contributed by atoms with van der Waals surface area (Å²) in [7, 11) is 1.84. The van der Waals surface area contributed by atoms with Gasteiger partial charge < -0.3 is 15.4 Å². The Morgan fingerprint density at radius 1 is 1.26 bits per heavy atom. The highest BCUT2D eigenvalue weighted by Crippen LogP contribution is 2.10. The smallest absolute Gasteiger partial charge is 0.191 e. The van der Waals surface area contributed by atoms with Gasteiger partial charge in [0.15, 0.2) is 5.96 Å². The molecule has 0 aliphatic carbocycles. The number of aliphatic imine (C=N–C) groups is 1. The summed E-state index contributed by atoms with van der Waals surface area (Å²) in [5, 5.41) is 6.95. The minimum atomic E-state index is 0. The highest BCUT2D eigenvalue weighted by molar-refractivity contribution is 14.0. The molecule has 1 aliphatic rings. The maximum Gasteiger partial charge on any atom is 0.191 e. The molecule has 3 atom stereocenters. The van der Waals surface area contributed by atoms with Gasteiger partial charge in [-0.2, -0.15) is 0 Å². The first kappa shape index (κ1) is 22.9. The van der Waals surface area contributed by atoms with Gasteiger partial charge in [0.05, 0.1) is 13.2 Å². The summed E-state index contributed by atoms with van der Waals surface area (Å²) >= 11 is 0. The molecule has 0 aromatic heterocycles. The summed E-state index contributed by atoms with van der Waals surface area (Å²) in [6, 6.07) is 1.42. The SMILES string of the molecule is CN=C(NCC(C)N1CCOCC1C)NC(C)CCC(C)C.I. The van der Waals surface area contributed by atoms with Crippen LogP contribution < -0.4 is 10.6 Å². The van der Waals surface area contributed by atoms with E-state index in [-0.39, 0.29) is 24.0 Å². The zero-order valence-corrected chi connectivity index (χ0v) is 18.1. The van der Waals surface area contributed by atoms with Gasteiger partial charge in [-0.25, -0.2) is 0 Å². The van der Waals surface area contributed by atoms with E-state index in [1.54, 1.807) is 0 Å². The molecule has 0 spiro atoms. The first-order valence-corrected chi connectivity index (χ1v) is 8.74. The second-order valence-corrected chi connectivity index (χ2v) is 6.98. The Bertz CT molecular complexity index is 339. The lowest BCUT2D eigenvalue weighted by atomic mass is 10.0. The van der Waals surface area contributed by atoms with E-state index in [1.165, 1.54) is 12.8 Å². The van der Waals surface area contributed by atoms with Gasteiger partial charge in [-0.15, -0.1) is 24.0 Å². The normalized spacial score (nSPS) is 22.4. The predicted molar refractivity (Wildman–Crippen MR) is 110 cm³/mol. The van der Waals surface area contributed by atoms with Crippen LogP contribution in [0, 0.1) is 5.92 Å². The summed E-state index contributed by atoms with van der Waals surface area (Å²) in [5.41, 5.74) is 0. The summed E-state index contributed by atoms with van der Waals surface area (Å²) in [6.45, 7) is 14.9. The van der Waals surface area contributed by atoms with Crippen LogP contribution in [0.4, 0.5) is 0 Å². The standard InChI is InChI=1S/C17H36N4O.HI/c1-13(2)7-8-14(3)20-17(18-6)19-11-15(4)21-9-10-22-12-16(21)5;/h13-16H,7-12H2,1-6H3,(H2,18,19,20);1H. The van der Waals surface area contributed by atoms with E-state index < -0.39 is 0 Å². The van der Waals surface area contributed by atoms with E-state index in [1.807, 2.05) is 7.05 Å². The Hall–Kier alpha value is -0.0800. The van der Waals surface area contributed by atoms with Crippen LogP contribution in [0.5, 0.6) is 0 Å². The molecule has 0 radical (unpaired) electrons. The molecule has 0 saturated carbocycles. The zero-order chi connectivity index (χ0) is 16.5. The molecule has 3 unspecified atom stereocenters. The number of hydrogen-bond donors (Lipinski definition) is 2. The van der Waals surface area contributed by atoms with Gasteiger partial charge in [-0.05, 0) is 39.5 Å². The monoisotopic (exact) mass is 440 g/mol. The molecule has 6 heteroatoms. The van der Waals surface area contributed by atoms with Crippen molar-refractivity contribution in [1.82, 2.24) is 15.5 Å². The molecule has 0 amide bonds. The summed E-state index contributed by atoms with van der Waals surface area (Å²) in [6.07, 6.45) is 2.42. The number of nitrogens with zero attached hydrogens (tertiary/aromatic N) is 2. The lowest BCUT2D eigenvalue weighted by Gasteiger charge is -2.38. The van der Waals surface area contributed by atoms with Crippen molar-refractivity contribution in [3.05, 3.63) is 0 Å². The van der Waals surface area contributed by atoms with Gasteiger partial charge in [0.1, 0.15) is 0 Å². The van der Waals surface area contributed by atoms with Crippen LogP contribution in [0.3, 0.4) is 0 Å². The molecule has 23 heavy (non-hydrogen) atoms. The lowest BCUT2D eigenvalue weighted by Crippen LogP contribution is -2.53. The maximum absolute atomic E-state index is 5.51. The van der Waals surface area contributed by atoms with Crippen LogP contribution in [0.15, 0.2) is 4.99 Å². The van der Waals surface area contributed by atoms with Crippen molar-refractivity contribution in [1.29, 1.82) is 0 Å². The van der Waals surface area contributed by atoms with Crippen LogP contribution >= 0.6 is 24.0 Å². The van der Waals surface area contributed by atoms with Crippen molar-refractivity contribution < 1.29 is 4.74 Å². The third kappa shape index (κ3) is 9.10. The average Bonchev–Trinajstić information content (AvgIpc) is 2.49. The molecule has 1 rings (SSSR count). The maximum atomic E-state index is 5.51. The Morgan fingerprint density at radius 2 is 1.96 bits per heavy atom. The molecule has 5 nitrogen and oxygen atoms in total. The molecule has 138 valence electrons. The van der Waals surface area contributed by atoms with Gasteiger partial charge in [0.2, 0.25) is 0 Å². The third-order valence-electron chi connectivity index (χ3n) is 4.33. The summed E-state index contributed by atoms with van der Waals surface area (Å²) in [4.78, 5) is 6.85. The topological polar surface area (TPSA) is 48.9 Å². The number of ether oxygens (including phenoxy) is 1. The Morgan fingerprint density at radius 3 is 2.52 bits per heavy atom. The molecular formula is C17H37IN4O. The van der Waals surface area contributed by atoms with Gasteiger partial charge in [0, 0.05) is 38.3 Å². The Balaban J connectivity index is 0.00000484. The molecule has 0 bridgehead atoms. The number of nitrogens with one attached hydrogen (secondary N) is 2. The van der Waals surface area contributed by atoms with Gasteiger partial charge >= 0.3 is 0 Å². The van der Waals surface area contributed by atoms with Gasteiger partial charge in [0.25, 0.3) is 0 Å². The number of guanidine groups is 1. The molecule has 1 fully saturated rings. The Labute approximate surface area is 160 Å². The fourth-order valence-electron chi connectivity index (χ4n) is 2.84. The molecule has 1 heterocycles. The number of hydrogen-bond acceptors (Lipinski definition) is 3. The molecule has 1 aliphatic heterocycles.